The molecule has 0 unspecified atom stereocenters. The van der Waals surface area contributed by atoms with Crippen LogP contribution in [0.3, 0.4) is 0 Å². The van der Waals surface area contributed by atoms with Crippen LogP contribution >= 0.6 is 23.2 Å². The Morgan fingerprint density at radius 1 is 1.15 bits per heavy atom. The zero-order valence-electron chi connectivity index (χ0n) is 10.8. The number of nitrogens with one attached hydrogen (secondary N) is 1. The lowest BCUT2D eigenvalue weighted by atomic mass is 10.3. The number of nitrogens with zero attached hydrogens (tertiary/aromatic N) is 1. The summed E-state index contributed by atoms with van der Waals surface area (Å²) in [7, 11) is 0. The van der Waals surface area contributed by atoms with Crippen molar-refractivity contribution in [2.24, 2.45) is 0 Å². The highest BCUT2D eigenvalue weighted by Gasteiger charge is 2.20. The van der Waals surface area contributed by atoms with Gasteiger partial charge >= 0.3 is 0 Å². The third-order valence-corrected chi connectivity index (χ3v) is 3.78. The Bertz CT molecular complexity index is 615. The van der Waals surface area contributed by atoms with E-state index in [-0.39, 0.29) is 0 Å². The number of pyridine rings is 1. The molecule has 2 aromatic rings. The molecule has 0 amide bonds. The third-order valence-electron chi connectivity index (χ3n) is 3.04. The Balaban J connectivity index is 1.69. The second-order valence-electron chi connectivity index (χ2n) is 4.80. The first-order chi connectivity index (χ1) is 9.70. The molecule has 3 nitrogen and oxygen atoms in total. The molecule has 1 aromatic heterocycles. The predicted molar refractivity (Wildman–Crippen MR) is 80.6 cm³/mol. The average molecular weight is 309 g/mol. The van der Waals surface area contributed by atoms with E-state index in [4.69, 9.17) is 27.9 Å². The van der Waals surface area contributed by atoms with Gasteiger partial charge in [0.2, 0.25) is 5.88 Å². The van der Waals surface area contributed by atoms with E-state index < -0.39 is 0 Å². The number of aromatic nitrogens is 1. The maximum absolute atomic E-state index is 5.96. The van der Waals surface area contributed by atoms with Crippen LogP contribution in [-0.4, -0.2) is 11.0 Å². The van der Waals surface area contributed by atoms with Gasteiger partial charge in [-0.05, 0) is 31.0 Å². The van der Waals surface area contributed by atoms with Crippen molar-refractivity contribution in [1.82, 2.24) is 10.3 Å². The summed E-state index contributed by atoms with van der Waals surface area (Å²) in [5.41, 5.74) is 0.967. The Morgan fingerprint density at radius 2 is 2.00 bits per heavy atom. The fraction of sp³-hybridized carbons (Fsp3) is 0.267. The van der Waals surface area contributed by atoms with Gasteiger partial charge in [0.25, 0.3) is 0 Å². The molecule has 3 rings (SSSR count). The number of hydrogen-bond donors (Lipinski definition) is 1. The van der Waals surface area contributed by atoms with E-state index in [1.807, 2.05) is 18.2 Å². The van der Waals surface area contributed by atoms with Gasteiger partial charge in [0, 0.05) is 24.7 Å². The zero-order valence-corrected chi connectivity index (χ0v) is 12.3. The minimum atomic E-state index is 0.468. The van der Waals surface area contributed by atoms with Gasteiger partial charge in [-0.15, -0.1) is 0 Å². The lowest BCUT2D eigenvalue weighted by Gasteiger charge is -2.08. The van der Waals surface area contributed by atoms with Crippen LogP contribution in [0.5, 0.6) is 11.6 Å². The second kappa shape index (κ2) is 6.00. The molecule has 0 bridgehead atoms. The van der Waals surface area contributed by atoms with Gasteiger partial charge in [0.15, 0.2) is 0 Å². The normalized spacial score (nSPS) is 14.3. The smallest absolute Gasteiger partial charge is 0.219 e. The van der Waals surface area contributed by atoms with Crippen LogP contribution in [0.15, 0.2) is 36.4 Å². The fourth-order valence-electron chi connectivity index (χ4n) is 1.81. The van der Waals surface area contributed by atoms with Gasteiger partial charge in [0.1, 0.15) is 5.75 Å². The molecule has 104 valence electrons. The van der Waals surface area contributed by atoms with E-state index in [9.17, 15) is 0 Å². The fourth-order valence-corrected chi connectivity index (χ4v) is 2.10. The molecule has 1 aliphatic rings. The van der Waals surface area contributed by atoms with Crippen molar-refractivity contribution in [1.29, 1.82) is 0 Å². The number of benzene rings is 1. The van der Waals surface area contributed by atoms with E-state index in [0.717, 1.165) is 12.2 Å². The van der Waals surface area contributed by atoms with Gasteiger partial charge in [-0.3, -0.25) is 0 Å². The molecule has 1 saturated carbocycles. The molecule has 0 radical (unpaired) electrons. The van der Waals surface area contributed by atoms with Crippen molar-refractivity contribution >= 4 is 23.2 Å². The lowest BCUT2D eigenvalue weighted by Crippen LogP contribution is -2.16. The molecule has 1 aliphatic carbocycles. The van der Waals surface area contributed by atoms with Crippen molar-refractivity contribution in [2.75, 3.05) is 0 Å². The first-order valence-corrected chi connectivity index (χ1v) is 7.28. The highest BCUT2D eigenvalue weighted by Crippen LogP contribution is 2.28. The van der Waals surface area contributed by atoms with E-state index in [0.29, 0.717) is 27.7 Å². The summed E-state index contributed by atoms with van der Waals surface area (Å²) in [5.74, 6) is 1.18. The van der Waals surface area contributed by atoms with Crippen LogP contribution in [-0.2, 0) is 6.54 Å². The zero-order chi connectivity index (χ0) is 13.9. The number of ether oxygens (including phenoxy) is 1. The molecular weight excluding hydrogens is 295 g/mol. The molecule has 1 heterocycles. The standard InChI is InChI=1S/C15H14Cl2N2O/c16-13-7-6-12(8-14(13)17)20-15-3-1-2-11(19-15)9-18-10-4-5-10/h1-3,6-8,10,18H,4-5,9H2. The molecule has 1 N–H and O–H groups in total. The van der Waals surface area contributed by atoms with Crippen molar-refractivity contribution in [3.8, 4) is 11.6 Å². The van der Waals surface area contributed by atoms with Crippen LogP contribution in [0.2, 0.25) is 10.0 Å². The summed E-state index contributed by atoms with van der Waals surface area (Å²) >= 11 is 11.8. The monoisotopic (exact) mass is 308 g/mol. The maximum Gasteiger partial charge on any atom is 0.219 e. The van der Waals surface area contributed by atoms with Crippen molar-refractivity contribution in [2.45, 2.75) is 25.4 Å². The Labute approximate surface area is 127 Å². The average Bonchev–Trinajstić information content (AvgIpc) is 3.25. The van der Waals surface area contributed by atoms with Crippen LogP contribution in [0.4, 0.5) is 0 Å². The van der Waals surface area contributed by atoms with Crippen molar-refractivity contribution < 1.29 is 4.74 Å². The van der Waals surface area contributed by atoms with Crippen LogP contribution < -0.4 is 10.1 Å². The SMILES string of the molecule is Clc1ccc(Oc2cccc(CNC3CC3)n2)cc1Cl. The summed E-state index contributed by atoms with van der Waals surface area (Å²) in [6.45, 7) is 0.767. The molecule has 0 saturated heterocycles. The summed E-state index contributed by atoms with van der Waals surface area (Å²) in [4.78, 5) is 4.46. The van der Waals surface area contributed by atoms with Gasteiger partial charge in [0.05, 0.1) is 15.7 Å². The minimum absolute atomic E-state index is 0.468. The highest BCUT2D eigenvalue weighted by molar-refractivity contribution is 6.42. The number of hydrogen-bond acceptors (Lipinski definition) is 3. The van der Waals surface area contributed by atoms with Crippen LogP contribution in [0, 0.1) is 0 Å². The summed E-state index contributed by atoms with van der Waals surface area (Å²) in [5, 5.41) is 4.40. The molecule has 1 aromatic carbocycles. The van der Waals surface area contributed by atoms with E-state index in [2.05, 4.69) is 10.3 Å². The van der Waals surface area contributed by atoms with Gasteiger partial charge in [-0.1, -0.05) is 29.3 Å². The predicted octanol–water partition coefficient (Wildman–Crippen LogP) is 4.43. The largest absolute Gasteiger partial charge is 0.439 e. The summed E-state index contributed by atoms with van der Waals surface area (Å²) in [6.07, 6.45) is 2.53. The quantitative estimate of drug-likeness (QED) is 0.887. The van der Waals surface area contributed by atoms with Crippen molar-refractivity contribution in [3.05, 3.63) is 52.1 Å². The summed E-state index contributed by atoms with van der Waals surface area (Å²) in [6, 6.07) is 11.6. The number of rotatable bonds is 5. The molecule has 1 fully saturated rings. The second-order valence-corrected chi connectivity index (χ2v) is 5.61. The van der Waals surface area contributed by atoms with Gasteiger partial charge in [-0.2, -0.15) is 0 Å². The molecular formula is C15H14Cl2N2O. The maximum atomic E-state index is 5.96. The Morgan fingerprint density at radius 3 is 2.75 bits per heavy atom. The molecule has 0 atom stereocenters. The van der Waals surface area contributed by atoms with Gasteiger partial charge < -0.3 is 10.1 Å². The van der Waals surface area contributed by atoms with Gasteiger partial charge in [-0.25, -0.2) is 4.98 Å². The molecule has 0 aliphatic heterocycles. The number of halogens is 2. The third kappa shape index (κ3) is 3.63. The first kappa shape index (κ1) is 13.7. The lowest BCUT2D eigenvalue weighted by molar-refractivity contribution is 0.459. The molecule has 20 heavy (non-hydrogen) atoms. The van der Waals surface area contributed by atoms with Crippen LogP contribution in [0.1, 0.15) is 18.5 Å². The Kier molecular flexibility index (Phi) is 4.10. The van der Waals surface area contributed by atoms with E-state index >= 15 is 0 Å². The summed E-state index contributed by atoms with van der Waals surface area (Å²) < 4.78 is 5.70. The topological polar surface area (TPSA) is 34.1 Å². The molecule has 5 heteroatoms. The van der Waals surface area contributed by atoms with Crippen molar-refractivity contribution in [3.63, 3.8) is 0 Å². The first-order valence-electron chi connectivity index (χ1n) is 6.53. The molecule has 0 spiro atoms. The minimum Gasteiger partial charge on any atom is -0.439 e. The van der Waals surface area contributed by atoms with E-state index in [1.54, 1.807) is 18.2 Å². The Hall–Kier alpha value is -1.29. The van der Waals surface area contributed by atoms with E-state index in [1.165, 1.54) is 12.8 Å². The van der Waals surface area contributed by atoms with Crippen LogP contribution in [0.25, 0.3) is 0 Å². The highest BCUT2D eigenvalue weighted by atomic mass is 35.5.